The van der Waals surface area contributed by atoms with Crippen molar-refractivity contribution in [1.82, 2.24) is 19.6 Å². The third-order valence-electron chi connectivity index (χ3n) is 5.34. The number of hydrogen-bond donors (Lipinski definition) is 1. The molecule has 0 unspecified atom stereocenters. The summed E-state index contributed by atoms with van der Waals surface area (Å²) in [6.07, 6.45) is 5.21. The van der Waals surface area contributed by atoms with E-state index in [1.165, 1.54) is 0 Å². The Morgan fingerprint density at radius 2 is 2.03 bits per heavy atom. The minimum absolute atomic E-state index is 0.176. The van der Waals surface area contributed by atoms with Crippen molar-refractivity contribution >= 4 is 11.6 Å². The van der Waals surface area contributed by atoms with Gasteiger partial charge >= 0.3 is 0 Å². The number of benzene rings is 1. The number of carbonyl (C=O) groups is 1. The van der Waals surface area contributed by atoms with Crippen molar-refractivity contribution in [3.63, 3.8) is 0 Å². The van der Waals surface area contributed by atoms with Gasteiger partial charge in [0.2, 0.25) is 6.79 Å². The number of furan rings is 1. The van der Waals surface area contributed by atoms with Gasteiger partial charge in [-0.05, 0) is 38.1 Å². The fourth-order valence-corrected chi connectivity index (χ4v) is 3.54. The van der Waals surface area contributed by atoms with Gasteiger partial charge in [-0.2, -0.15) is 10.2 Å². The zero-order valence-electron chi connectivity index (χ0n) is 18.3. The van der Waals surface area contributed by atoms with Crippen molar-refractivity contribution < 1.29 is 23.4 Å². The van der Waals surface area contributed by atoms with Gasteiger partial charge in [0.15, 0.2) is 17.3 Å². The molecular formula is C23H23N5O5. The van der Waals surface area contributed by atoms with Gasteiger partial charge in [-0.15, -0.1) is 0 Å². The first-order chi connectivity index (χ1) is 16.1. The molecule has 4 aromatic rings. The van der Waals surface area contributed by atoms with E-state index in [0.29, 0.717) is 35.2 Å². The van der Waals surface area contributed by atoms with Crippen molar-refractivity contribution in [2.45, 2.75) is 33.5 Å². The summed E-state index contributed by atoms with van der Waals surface area (Å²) < 4.78 is 25.7. The number of hydrogen-bond acceptors (Lipinski definition) is 7. The average molecular weight is 449 g/mol. The van der Waals surface area contributed by atoms with Crippen LogP contribution in [0.3, 0.4) is 0 Å². The lowest BCUT2D eigenvalue weighted by atomic mass is 10.2. The Morgan fingerprint density at radius 3 is 2.88 bits per heavy atom. The summed E-state index contributed by atoms with van der Waals surface area (Å²) in [6.45, 7) is 5.85. The predicted molar refractivity (Wildman–Crippen MR) is 118 cm³/mol. The number of anilines is 1. The maximum atomic E-state index is 12.6. The molecule has 33 heavy (non-hydrogen) atoms. The van der Waals surface area contributed by atoms with Crippen LogP contribution < -0.4 is 19.5 Å². The lowest BCUT2D eigenvalue weighted by Crippen LogP contribution is -2.10. The molecule has 0 spiro atoms. The van der Waals surface area contributed by atoms with Crippen LogP contribution in [0.25, 0.3) is 0 Å². The van der Waals surface area contributed by atoms with Crippen molar-refractivity contribution in [2.75, 3.05) is 12.1 Å². The van der Waals surface area contributed by atoms with Crippen LogP contribution >= 0.6 is 0 Å². The maximum Gasteiger partial charge on any atom is 0.291 e. The predicted octanol–water partition coefficient (Wildman–Crippen LogP) is 3.61. The second-order valence-corrected chi connectivity index (χ2v) is 7.52. The zero-order chi connectivity index (χ0) is 22.8. The Kier molecular flexibility index (Phi) is 5.47. The SMILES string of the molecule is CCn1ncc(Cn2cc(NC(=O)c3ccc(COc4ccc5c(c4)OCO5)o3)cn2)c1C. The molecule has 1 amide bonds. The van der Waals surface area contributed by atoms with Crippen molar-refractivity contribution in [2.24, 2.45) is 0 Å². The van der Waals surface area contributed by atoms with Gasteiger partial charge in [0.05, 0.1) is 24.6 Å². The van der Waals surface area contributed by atoms with Gasteiger partial charge in [-0.3, -0.25) is 14.2 Å². The van der Waals surface area contributed by atoms with Crippen molar-refractivity contribution in [1.29, 1.82) is 0 Å². The topological polar surface area (TPSA) is 106 Å². The molecule has 0 aliphatic carbocycles. The minimum atomic E-state index is -0.362. The van der Waals surface area contributed by atoms with E-state index in [2.05, 4.69) is 22.4 Å². The third-order valence-corrected chi connectivity index (χ3v) is 5.34. The number of nitrogens with zero attached hydrogens (tertiary/aromatic N) is 4. The number of aromatic nitrogens is 4. The van der Waals surface area contributed by atoms with E-state index < -0.39 is 0 Å². The van der Waals surface area contributed by atoms with Crippen LogP contribution in [0.5, 0.6) is 17.2 Å². The van der Waals surface area contributed by atoms with Crippen LogP contribution in [-0.2, 0) is 19.7 Å². The second kappa shape index (κ2) is 8.73. The van der Waals surface area contributed by atoms with E-state index in [4.69, 9.17) is 18.6 Å². The van der Waals surface area contributed by atoms with E-state index in [9.17, 15) is 4.79 Å². The summed E-state index contributed by atoms with van der Waals surface area (Å²) in [7, 11) is 0. The maximum absolute atomic E-state index is 12.6. The highest BCUT2D eigenvalue weighted by Crippen LogP contribution is 2.35. The van der Waals surface area contributed by atoms with Crippen LogP contribution in [0.4, 0.5) is 5.69 Å². The zero-order valence-corrected chi connectivity index (χ0v) is 18.3. The summed E-state index contributed by atoms with van der Waals surface area (Å²) in [5, 5.41) is 11.5. The number of rotatable bonds is 8. The number of fused-ring (bicyclic) bond motifs is 1. The van der Waals surface area contributed by atoms with Crippen LogP contribution in [0.2, 0.25) is 0 Å². The molecule has 10 nitrogen and oxygen atoms in total. The monoisotopic (exact) mass is 449 g/mol. The van der Waals surface area contributed by atoms with Crippen LogP contribution in [0, 0.1) is 6.92 Å². The van der Waals surface area contributed by atoms with E-state index in [1.807, 2.05) is 17.8 Å². The molecule has 4 heterocycles. The van der Waals surface area contributed by atoms with Crippen LogP contribution in [-0.4, -0.2) is 32.3 Å². The van der Waals surface area contributed by atoms with Gasteiger partial charge in [0, 0.05) is 30.1 Å². The normalized spacial score (nSPS) is 12.2. The summed E-state index contributed by atoms with van der Waals surface area (Å²) in [5.41, 5.74) is 2.76. The van der Waals surface area contributed by atoms with E-state index in [1.54, 1.807) is 47.4 Å². The van der Waals surface area contributed by atoms with Crippen molar-refractivity contribution in [3.05, 3.63) is 71.7 Å². The van der Waals surface area contributed by atoms with Crippen molar-refractivity contribution in [3.8, 4) is 17.2 Å². The molecule has 1 aliphatic heterocycles. The molecule has 1 aromatic carbocycles. The third kappa shape index (κ3) is 4.40. The molecule has 3 aromatic heterocycles. The quantitative estimate of drug-likeness (QED) is 0.438. The number of carbonyl (C=O) groups excluding carboxylic acids is 1. The Morgan fingerprint density at radius 1 is 1.15 bits per heavy atom. The molecule has 170 valence electrons. The fourth-order valence-electron chi connectivity index (χ4n) is 3.54. The number of nitrogens with one attached hydrogen (secondary N) is 1. The number of aryl methyl sites for hydroxylation is 1. The summed E-state index contributed by atoms with van der Waals surface area (Å²) in [4.78, 5) is 12.6. The Hall–Kier alpha value is -4.21. The molecule has 10 heteroatoms. The summed E-state index contributed by atoms with van der Waals surface area (Å²) >= 11 is 0. The molecule has 1 aliphatic rings. The van der Waals surface area contributed by atoms with Crippen LogP contribution in [0.15, 0.2) is 53.3 Å². The highest BCUT2D eigenvalue weighted by atomic mass is 16.7. The first-order valence-corrected chi connectivity index (χ1v) is 10.6. The molecule has 0 saturated heterocycles. The Bertz CT molecular complexity index is 1290. The van der Waals surface area contributed by atoms with E-state index in [0.717, 1.165) is 17.8 Å². The largest absolute Gasteiger partial charge is 0.486 e. The van der Waals surface area contributed by atoms with E-state index in [-0.39, 0.29) is 25.1 Å². The lowest BCUT2D eigenvalue weighted by molar-refractivity contribution is 0.0992. The smallest absolute Gasteiger partial charge is 0.291 e. The fraction of sp³-hybridized carbons (Fsp3) is 0.261. The molecule has 1 N–H and O–H groups in total. The molecule has 0 bridgehead atoms. The second-order valence-electron chi connectivity index (χ2n) is 7.52. The highest BCUT2D eigenvalue weighted by Gasteiger charge is 2.16. The molecule has 5 rings (SSSR count). The molecular weight excluding hydrogens is 426 g/mol. The summed E-state index contributed by atoms with van der Waals surface area (Å²) in [5.74, 6) is 2.30. The molecule has 0 atom stereocenters. The highest BCUT2D eigenvalue weighted by molar-refractivity contribution is 6.02. The lowest BCUT2D eigenvalue weighted by Gasteiger charge is -2.05. The Labute approximate surface area is 189 Å². The minimum Gasteiger partial charge on any atom is -0.486 e. The molecule has 0 saturated carbocycles. The number of ether oxygens (including phenoxy) is 3. The molecule has 0 fully saturated rings. The van der Waals surface area contributed by atoms with Gasteiger partial charge in [-0.25, -0.2) is 0 Å². The first kappa shape index (κ1) is 20.7. The van der Waals surface area contributed by atoms with Gasteiger partial charge in [-0.1, -0.05) is 0 Å². The average Bonchev–Trinajstić information content (AvgIpc) is 3.61. The van der Waals surface area contributed by atoms with Gasteiger partial charge < -0.3 is 23.9 Å². The van der Waals surface area contributed by atoms with E-state index >= 15 is 0 Å². The van der Waals surface area contributed by atoms with Gasteiger partial charge in [0.1, 0.15) is 18.1 Å². The van der Waals surface area contributed by atoms with Crippen LogP contribution in [0.1, 0.15) is 34.5 Å². The Balaban J connectivity index is 1.17. The summed E-state index contributed by atoms with van der Waals surface area (Å²) in [6, 6.07) is 8.65. The van der Waals surface area contributed by atoms with Gasteiger partial charge in [0.25, 0.3) is 5.91 Å². The standard InChI is InChI=1S/C23H23N5O5/c1-3-28-15(2)16(9-25-28)11-27-12-17(10-24-27)26-23(29)21-7-5-19(33-21)13-30-18-4-6-20-22(8-18)32-14-31-20/h4-10,12H,3,11,13-14H2,1-2H3,(H,26,29). The first-order valence-electron chi connectivity index (χ1n) is 10.6. The number of amides is 1. The molecule has 0 radical (unpaired) electrons.